The van der Waals surface area contributed by atoms with Crippen molar-refractivity contribution in [3.05, 3.63) is 53.3 Å². The molecule has 0 spiro atoms. The minimum absolute atomic E-state index is 0.136. The molecule has 29 heavy (non-hydrogen) atoms. The lowest BCUT2D eigenvalue weighted by Crippen LogP contribution is -2.41. The molecule has 0 bridgehead atoms. The number of aromatic nitrogens is 1. The van der Waals surface area contributed by atoms with Crippen molar-refractivity contribution >= 4 is 5.91 Å². The van der Waals surface area contributed by atoms with Gasteiger partial charge >= 0.3 is 0 Å². The Balaban J connectivity index is 1.65. The smallest absolute Gasteiger partial charge is 0.251 e. The number of amides is 1. The number of methoxy groups -OCH3 is 1. The maximum atomic E-state index is 12.7. The van der Waals surface area contributed by atoms with E-state index in [1.54, 1.807) is 37.7 Å². The molecule has 1 aliphatic heterocycles. The summed E-state index contributed by atoms with van der Waals surface area (Å²) in [7, 11) is 1.62. The average Bonchev–Trinajstić information content (AvgIpc) is 2.73. The van der Waals surface area contributed by atoms with Crippen LogP contribution in [0.5, 0.6) is 11.5 Å². The highest BCUT2D eigenvalue weighted by atomic mass is 16.5. The molecule has 6 nitrogen and oxygen atoms in total. The summed E-state index contributed by atoms with van der Waals surface area (Å²) in [6.07, 6.45) is 5.61. The maximum absolute atomic E-state index is 12.7. The summed E-state index contributed by atoms with van der Waals surface area (Å²) in [4.78, 5) is 19.2. The fourth-order valence-electron chi connectivity index (χ4n) is 3.58. The molecule has 1 fully saturated rings. The molecule has 1 aromatic heterocycles. The van der Waals surface area contributed by atoms with E-state index in [1.807, 2.05) is 13.0 Å². The lowest BCUT2D eigenvalue weighted by molar-refractivity contribution is 0.0819. The van der Waals surface area contributed by atoms with Crippen molar-refractivity contribution < 1.29 is 14.3 Å². The molecule has 2 heterocycles. The molecule has 1 amide bonds. The number of hydrogen-bond acceptors (Lipinski definition) is 5. The quantitative estimate of drug-likeness (QED) is 0.774. The van der Waals surface area contributed by atoms with E-state index in [0.717, 1.165) is 37.1 Å². The van der Waals surface area contributed by atoms with Crippen molar-refractivity contribution in [1.82, 2.24) is 15.2 Å². The van der Waals surface area contributed by atoms with Crippen LogP contribution in [0.3, 0.4) is 0 Å². The number of benzene rings is 1. The molecule has 1 aromatic carbocycles. The molecule has 156 valence electrons. The molecule has 0 unspecified atom stereocenters. The van der Waals surface area contributed by atoms with Gasteiger partial charge in [-0.25, -0.2) is 0 Å². The second kappa shape index (κ2) is 9.74. The first-order valence-corrected chi connectivity index (χ1v) is 10.2. The molecular weight excluding hydrogens is 366 g/mol. The van der Waals surface area contributed by atoms with E-state index in [4.69, 9.17) is 9.47 Å². The Hall–Kier alpha value is -2.60. The van der Waals surface area contributed by atoms with Gasteiger partial charge in [0, 0.05) is 43.6 Å². The van der Waals surface area contributed by atoms with Crippen LogP contribution in [0.15, 0.2) is 36.7 Å². The van der Waals surface area contributed by atoms with Gasteiger partial charge in [-0.15, -0.1) is 0 Å². The van der Waals surface area contributed by atoms with E-state index in [-0.39, 0.29) is 12.0 Å². The Morgan fingerprint density at radius 3 is 2.66 bits per heavy atom. The van der Waals surface area contributed by atoms with Crippen LogP contribution in [0.2, 0.25) is 0 Å². The molecule has 2 aromatic rings. The van der Waals surface area contributed by atoms with E-state index >= 15 is 0 Å². The number of piperidine rings is 1. The second-order valence-electron chi connectivity index (χ2n) is 7.80. The van der Waals surface area contributed by atoms with Gasteiger partial charge in [-0.05, 0) is 69.0 Å². The van der Waals surface area contributed by atoms with Crippen LogP contribution < -0.4 is 14.8 Å². The third-order valence-corrected chi connectivity index (χ3v) is 5.50. The third-order valence-electron chi connectivity index (χ3n) is 5.50. The fourth-order valence-corrected chi connectivity index (χ4v) is 3.58. The van der Waals surface area contributed by atoms with Gasteiger partial charge in [0.1, 0.15) is 6.10 Å². The Bertz CT molecular complexity index is 830. The molecule has 1 saturated heterocycles. The zero-order chi connectivity index (χ0) is 20.8. The fraction of sp³-hybridized carbons (Fsp3) is 0.478. The zero-order valence-corrected chi connectivity index (χ0v) is 17.8. The summed E-state index contributed by atoms with van der Waals surface area (Å²) in [5.41, 5.74) is 2.67. The largest absolute Gasteiger partial charge is 0.493 e. The van der Waals surface area contributed by atoms with Gasteiger partial charge in [-0.3, -0.25) is 9.78 Å². The number of carbonyl (C=O) groups excluding carboxylic acids is 1. The molecule has 1 aliphatic rings. The lowest BCUT2D eigenvalue weighted by Gasteiger charge is -2.34. The van der Waals surface area contributed by atoms with Gasteiger partial charge in [0.25, 0.3) is 5.91 Å². The van der Waals surface area contributed by atoms with Crippen molar-refractivity contribution in [3.63, 3.8) is 0 Å². The predicted octanol–water partition coefficient (Wildman–Crippen LogP) is 3.58. The lowest BCUT2D eigenvalue weighted by atomic mass is 10.1. The molecule has 3 rings (SSSR count). The normalized spacial score (nSPS) is 15.3. The highest BCUT2D eigenvalue weighted by Gasteiger charge is 2.23. The first-order chi connectivity index (χ1) is 14.0. The van der Waals surface area contributed by atoms with E-state index in [2.05, 4.69) is 29.0 Å². The van der Waals surface area contributed by atoms with Crippen LogP contribution in [0.1, 0.15) is 48.2 Å². The first kappa shape index (κ1) is 21.1. The van der Waals surface area contributed by atoms with Gasteiger partial charge < -0.3 is 19.7 Å². The number of aryl methyl sites for hydroxylation is 1. The Morgan fingerprint density at radius 2 is 2.00 bits per heavy atom. The molecular formula is C23H31N3O3. The third kappa shape index (κ3) is 5.48. The predicted molar refractivity (Wildman–Crippen MR) is 113 cm³/mol. The zero-order valence-electron chi connectivity index (χ0n) is 17.8. The van der Waals surface area contributed by atoms with E-state index in [9.17, 15) is 4.79 Å². The number of hydrogen-bond donors (Lipinski definition) is 1. The highest BCUT2D eigenvalue weighted by Crippen LogP contribution is 2.31. The van der Waals surface area contributed by atoms with Crippen LogP contribution in [0.4, 0.5) is 0 Å². The number of nitrogens with zero attached hydrogens (tertiary/aromatic N) is 2. The summed E-state index contributed by atoms with van der Waals surface area (Å²) in [6.45, 7) is 8.94. The number of ether oxygens (including phenoxy) is 2. The minimum atomic E-state index is -0.136. The van der Waals surface area contributed by atoms with Crippen molar-refractivity contribution in [2.75, 3.05) is 20.2 Å². The van der Waals surface area contributed by atoms with Crippen molar-refractivity contribution in [3.8, 4) is 11.5 Å². The van der Waals surface area contributed by atoms with Crippen LogP contribution in [0, 0.1) is 6.92 Å². The van der Waals surface area contributed by atoms with E-state index in [0.29, 0.717) is 29.6 Å². The van der Waals surface area contributed by atoms with Crippen LogP contribution in [-0.4, -0.2) is 48.1 Å². The van der Waals surface area contributed by atoms with Gasteiger partial charge in [-0.2, -0.15) is 0 Å². The van der Waals surface area contributed by atoms with Crippen LogP contribution in [-0.2, 0) is 6.54 Å². The SMILES string of the molecule is COc1ccc(C(=O)NCc2ccncc2C)cc1OC1CCN(C(C)C)CC1. The van der Waals surface area contributed by atoms with Crippen LogP contribution in [0.25, 0.3) is 0 Å². The Kier molecular flexibility index (Phi) is 7.09. The summed E-state index contributed by atoms with van der Waals surface area (Å²) >= 11 is 0. The molecule has 1 N–H and O–H groups in total. The number of likely N-dealkylation sites (tertiary alicyclic amines) is 1. The summed E-state index contributed by atoms with van der Waals surface area (Å²) in [5, 5.41) is 2.97. The Labute approximate surface area is 173 Å². The van der Waals surface area contributed by atoms with Gasteiger partial charge in [0.15, 0.2) is 11.5 Å². The van der Waals surface area contributed by atoms with Crippen LogP contribution >= 0.6 is 0 Å². The molecule has 0 atom stereocenters. The van der Waals surface area contributed by atoms with Crippen molar-refractivity contribution in [1.29, 1.82) is 0 Å². The number of carbonyl (C=O) groups is 1. The highest BCUT2D eigenvalue weighted by molar-refractivity contribution is 5.94. The topological polar surface area (TPSA) is 63.7 Å². The van der Waals surface area contributed by atoms with Crippen molar-refractivity contribution in [2.45, 2.75) is 52.3 Å². The molecule has 0 saturated carbocycles. The average molecular weight is 398 g/mol. The second-order valence-corrected chi connectivity index (χ2v) is 7.80. The summed E-state index contributed by atoms with van der Waals surface area (Å²) in [5.74, 6) is 1.14. The maximum Gasteiger partial charge on any atom is 0.251 e. The summed E-state index contributed by atoms with van der Waals surface area (Å²) in [6, 6.07) is 7.82. The monoisotopic (exact) mass is 397 g/mol. The minimum Gasteiger partial charge on any atom is -0.493 e. The number of pyridine rings is 1. The summed E-state index contributed by atoms with van der Waals surface area (Å²) < 4.78 is 11.7. The number of nitrogens with one attached hydrogen (secondary N) is 1. The molecule has 0 radical (unpaired) electrons. The van der Waals surface area contributed by atoms with E-state index in [1.165, 1.54) is 0 Å². The standard InChI is InChI=1S/C23H31N3O3/c1-16(2)26-11-8-20(9-12-26)29-22-13-18(5-6-21(22)28-4)23(27)25-15-19-7-10-24-14-17(19)3/h5-7,10,13-14,16,20H,8-9,11-12,15H2,1-4H3,(H,25,27). The van der Waals surface area contributed by atoms with E-state index < -0.39 is 0 Å². The first-order valence-electron chi connectivity index (χ1n) is 10.2. The number of rotatable bonds is 7. The Morgan fingerprint density at radius 1 is 1.24 bits per heavy atom. The molecule has 0 aliphatic carbocycles. The van der Waals surface area contributed by atoms with Gasteiger partial charge in [0.2, 0.25) is 0 Å². The van der Waals surface area contributed by atoms with Gasteiger partial charge in [-0.1, -0.05) is 0 Å². The van der Waals surface area contributed by atoms with Crippen molar-refractivity contribution in [2.24, 2.45) is 0 Å². The van der Waals surface area contributed by atoms with Gasteiger partial charge in [0.05, 0.1) is 7.11 Å². The molecule has 6 heteroatoms.